The first-order valence-electron chi connectivity index (χ1n) is 8.00. The van der Waals surface area contributed by atoms with Crippen molar-refractivity contribution in [1.29, 1.82) is 0 Å². The zero-order valence-corrected chi connectivity index (χ0v) is 13.1. The lowest BCUT2D eigenvalue weighted by Gasteiger charge is -2.30. The summed E-state index contributed by atoms with van der Waals surface area (Å²) in [5, 5.41) is 3.43. The minimum absolute atomic E-state index is 0.312. The number of hydrogen-bond acceptors (Lipinski definition) is 4. The summed E-state index contributed by atoms with van der Waals surface area (Å²) in [6.45, 7) is 4.35. The summed E-state index contributed by atoms with van der Waals surface area (Å²) in [4.78, 5) is 2.36. The van der Waals surface area contributed by atoms with E-state index in [9.17, 15) is 0 Å². The summed E-state index contributed by atoms with van der Waals surface area (Å²) in [6.07, 6.45) is 3.67. The van der Waals surface area contributed by atoms with Gasteiger partial charge < -0.3 is 19.7 Å². The Balaban J connectivity index is 1.76. The molecule has 0 saturated carbocycles. The number of benzene rings is 1. The molecule has 0 aliphatic carbocycles. The van der Waals surface area contributed by atoms with E-state index in [1.54, 1.807) is 7.11 Å². The fraction of sp³-hybridized carbons (Fsp3) is 0.647. The molecule has 2 fully saturated rings. The molecule has 2 heterocycles. The highest BCUT2D eigenvalue weighted by atomic mass is 16.5. The smallest absolute Gasteiger partial charge is 0.164 e. The Hall–Kier alpha value is -1.26. The number of hydrogen-bond donors (Lipinski definition) is 1. The lowest BCUT2D eigenvalue weighted by atomic mass is 9.97. The number of ether oxygens (including phenoxy) is 2. The molecular formula is C17H26N2O2. The number of rotatable bonds is 4. The molecule has 1 aromatic rings. The van der Waals surface area contributed by atoms with Crippen LogP contribution in [0.4, 0.5) is 0 Å². The van der Waals surface area contributed by atoms with Crippen molar-refractivity contribution in [1.82, 2.24) is 10.2 Å². The Bertz CT molecular complexity index is 464. The third-order valence-corrected chi connectivity index (χ3v) is 4.67. The maximum absolute atomic E-state index is 6.25. The molecule has 2 aliphatic heterocycles. The van der Waals surface area contributed by atoms with Crippen molar-refractivity contribution in [3.63, 3.8) is 0 Å². The number of methoxy groups -OCH3 is 1. The second kappa shape index (κ2) is 6.67. The Morgan fingerprint density at radius 3 is 2.67 bits per heavy atom. The molecule has 0 spiro atoms. The van der Waals surface area contributed by atoms with Crippen LogP contribution in [0.25, 0.3) is 0 Å². The van der Waals surface area contributed by atoms with Crippen LogP contribution in [0.1, 0.15) is 30.7 Å². The number of likely N-dealkylation sites (tertiary alicyclic amines) is 1. The maximum Gasteiger partial charge on any atom is 0.164 e. The molecule has 0 aromatic heterocycles. The molecule has 21 heavy (non-hydrogen) atoms. The van der Waals surface area contributed by atoms with Crippen molar-refractivity contribution in [3.8, 4) is 11.5 Å². The first kappa shape index (κ1) is 14.7. The molecule has 1 aromatic carbocycles. The van der Waals surface area contributed by atoms with Gasteiger partial charge in [-0.3, -0.25) is 0 Å². The topological polar surface area (TPSA) is 33.7 Å². The number of para-hydroxylation sites is 1. The van der Waals surface area contributed by atoms with E-state index in [1.807, 2.05) is 6.07 Å². The van der Waals surface area contributed by atoms with Gasteiger partial charge in [-0.25, -0.2) is 0 Å². The van der Waals surface area contributed by atoms with Gasteiger partial charge in [-0.2, -0.15) is 0 Å². The van der Waals surface area contributed by atoms with Gasteiger partial charge in [0.15, 0.2) is 11.5 Å². The molecule has 4 heteroatoms. The van der Waals surface area contributed by atoms with Gasteiger partial charge in [-0.1, -0.05) is 12.1 Å². The first-order chi connectivity index (χ1) is 10.3. The molecular weight excluding hydrogens is 264 g/mol. The average molecular weight is 290 g/mol. The summed E-state index contributed by atoms with van der Waals surface area (Å²) < 4.78 is 11.9. The van der Waals surface area contributed by atoms with Crippen molar-refractivity contribution < 1.29 is 9.47 Å². The van der Waals surface area contributed by atoms with Crippen molar-refractivity contribution in [2.24, 2.45) is 0 Å². The standard InChI is InChI=1S/C17H26N2O2/c1-19-10-7-14(8-11-19)21-16-5-3-4-15(17(16)20-2)13-6-9-18-12-13/h3-5,13-14,18H,6-12H2,1-2H3. The predicted octanol–water partition coefficient (Wildman–Crippen LogP) is 2.25. The minimum Gasteiger partial charge on any atom is -0.493 e. The molecule has 1 unspecified atom stereocenters. The van der Waals surface area contributed by atoms with Gasteiger partial charge in [0.2, 0.25) is 0 Å². The number of nitrogens with zero attached hydrogens (tertiary/aromatic N) is 1. The van der Waals surface area contributed by atoms with Gasteiger partial charge in [0.05, 0.1) is 7.11 Å². The van der Waals surface area contributed by atoms with Crippen LogP contribution < -0.4 is 14.8 Å². The zero-order chi connectivity index (χ0) is 14.7. The zero-order valence-electron chi connectivity index (χ0n) is 13.1. The van der Waals surface area contributed by atoms with E-state index in [4.69, 9.17) is 9.47 Å². The van der Waals surface area contributed by atoms with E-state index < -0.39 is 0 Å². The maximum atomic E-state index is 6.25. The van der Waals surface area contributed by atoms with Crippen molar-refractivity contribution in [2.45, 2.75) is 31.3 Å². The van der Waals surface area contributed by atoms with E-state index in [0.717, 1.165) is 50.5 Å². The molecule has 1 atom stereocenters. The van der Waals surface area contributed by atoms with Crippen LogP contribution in [-0.4, -0.2) is 51.3 Å². The molecule has 0 bridgehead atoms. The summed E-state index contributed by atoms with van der Waals surface area (Å²) in [7, 11) is 3.92. The van der Waals surface area contributed by atoms with Gasteiger partial charge in [0, 0.05) is 31.1 Å². The highest BCUT2D eigenvalue weighted by Gasteiger charge is 2.24. The molecule has 2 saturated heterocycles. The molecule has 116 valence electrons. The van der Waals surface area contributed by atoms with Gasteiger partial charge in [0.25, 0.3) is 0 Å². The SMILES string of the molecule is COc1c(OC2CCN(C)CC2)cccc1C1CCNC1. The van der Waals surface area contributed by atoms with Crippen LogP contribution in [0.5, 0.6) is 11.5 Å². The van der Waals surface area contributed by atoms with Gasteiger partial charge in [-0.05, 0) is 38.9 Å². The Morgan fingerprint density at radius 2 is 2.00 bits per heavy atom. The van der Waals surface area contributed by atoms with Crippen LogP contribution in [0.15, 0.2) is 18.2 Å². The van der Waals surface area contributed by atoms with E-state index in [1.165, 1.54) is 12.0 Å². The first-order valence-corrected chi connectivity index (χ1v) is 8.00. The van der Waals surface area contributed by atoms with Gasteiger partial charge in [-0.15, -0.1) is 0 Å². The van der Waals surface area contributed by atoms with Crippen LogP contribution >= 0.6 is 0 Å². The monoisotopic (exact) mass is 290 g/mol. The average Bonchev–Trinajstić information content (AvgIpc) is 3.03. The van der Waals surface area contributed by atoms with E-state index >= 15 is 0 Å². The fourth-order valence-corrected chi connectivity index (χ4v) is 3.37. The molecule has 1 N–H and O–H groups in total. The van der Waals surface area contributed by atoms with Crippen molar-refractivity contribution in [3.05, 3.63) is 23.8 Å². The van der Waals surface area contributed by atoms with Gasteiger partial charge in [0.1, 0.15) is 6.10 Å². The Morgan fingerprint density at radius 1 is 1.19 bits per heavy atom. The summed E-state index contributed by atoms with van der Waals surface area (Å²) >= 11 is 0. The van der Waals surface area contributed by atoms with E-state index in [-0.39, 0.29) is 0 Å². The van der Waals surface area contributed by atoms with Gasteiger partial charge >= 0.3 is 0 Å². The summed E-state index contributed by atoms with van der Waals surface area (Å²) in [5.74, 6) is 2.39. The minimum atomic E-state index is 0.312. The number of nitrogens with one attached hydrogen (secondary N) is 1. The normalized spacial score (nSPS) is 24.2. The van der Waals surface area contributed by atoms with E-state index in [0.29, 0.717) is 12.0 Å². The van der Waals surface area contributed by atoms with Crippen molar-refractivity contribution >= 4 is 0 Å². The number of piperidine rings is 1. The van der Waals surface area contributed by atoms with Crippen LogP contribution in [0, 0.1) is 0 Å². The molecule has 0 amide bonds. The third-order valence-electron chi connectivity index (χ3n) is 4.67. The lowest BCUT2D eigenvalue weighted by Crippen LogP contribution is -2.35. The highest BCUT2D eigenvalue weighted by molar-refractivity contribution is 5.48. The summed E-state index contributed by atoms with van der Waals surface area (Å²) in [6, 6.07) is 6.32. The molecule has 2 aliphatic rings. The Kier molecular flexibility index (Phi) is 4.66. The summed E-state index contributed by atoms with van der Waals surface area (Å²) in [5.41, 5.74) is 1.29. The molecule has 0 radical (unpaired) electrons. The molecule has 4 nitrogen and oxygen atoms in total. The van der Waals surface area contributed by atoms with Crippen molar-refractivity contribution in [2.75, 3.05) is 40.3 Å². The van der Waals surface area contributed by atoms with Crippen LogP contribution in [0.3, 0.4) is 0 Å². The lowest BCUT2D eigenvalue weighted by molar-refractivity contribution is 0.111. The third kappa shape index (κ3) is 3.33. The molecule has 3 rings (SSSR count). The predicted molar refractivity (Wildman–Crippen MR) is 84.4 cm³/mol. The second-order valence-electron chi connectivity index (χ2n) is 6.19. The van der Waals surface area contributed by atoms with Crippen LogP contribution in [0.2, 0.25) is 0 Å². The fourth-order valence-electron chi connectivity index (χ4n) is 3.37. The van der Waals surface area contributed by atoms with E-state index in [2.05, 4.69) is 29.4 Å². The second-order valence-corrected chi connectivity index (χ2v) is 6.19. The highest BCUT2D eigenvalue weighted by Crippen LogP contribution is 2.38. The van der Waals surface area contributed by atoms with Crippen LogP contribution in [-0.2, 0) is 0 Å². The Labute approximate surface area is 127 Å². The largest absolute Gasteiger partial charge is 0.493 e. The quantitative estimate of drug-likeness (QED) is 0.922.